The second-order valence-electron chi connectivity index (χ2n) is 5.08. The zero-order valence-electron chi connectivity index (χ0n) is 13.1. The van der Waals surface area contributed by atoms with Gasteiger partial charge in [0.2, 0.25) is 0 Å². The minimum atomic E-state index is -1.23. The van der Waals surface area contributed by atoms with E-state index in [1.807, 2.05) is 0 Å². The summed E-state index contributed by atoms with van der Waals surface area (Å²) in [6.07, 6.45) is -1.23. The maximum absolute atomic E-state index is 13.1. The molecule has 0 aliphatic heterocycles. The highest BCUT2D eigenvalue weighted by Crippen LogP contribution is 2.21. The van der Waals surface area contributed by atoms with Crippen molar-refractivity contribution < 1.29 is 23.6 Å². The van der Waals surface area contributed by atoms with E-state index in [0.29, 0.717) is 0 Å². The van der Waals surface area contributed by atoms with E-state index >= 15 is 0 Å². The van der Waals surface area contributed by atoms with Gasteiger partial charge in [-0.2, -0.15) is 0 Å². The Labute approximate surface area is 141 Å². The topological polar surface area (TPSA) is 125 Å². The largest absolute Gasteiger partial charge is 0.449 e. The van der Waals surface area contributed by atoms with Crippen LogP contribution in [0.2, 0.25) is 0 Å². The summed E-state index contributed by atoms with van der Waals surface area (Å²) in [7, 11) is 0. The zero-order chi connectivity index (χ0) is 18.6. The number of nitro benzene ring substituents is 1. The zero-order valence-corrected chi connectivity index (χ0v) is 13.1. The number of ether oxygens (including phenoxy) is 1. The van der Waals surface area contributed by atoms with Crippen LogP contribution in [0.25, 0.3) is 0 Å². The molecule has 0 radical (unpaired) electrons. The van der Waals surface area contributed by atoms with Gasteiger partial charge in [-0.15, -0.1) is 0 Å². The molecule has 0 heterocycles. The molecule has 2 rings (SSSR count). The number of nitro groups is 1. The molecule has 0 unspecified atom stereocenters. The van der Waals surface area contributed by atoms with Gasteiger partial charge in [0.05, 0.1) is 10.5 Å². The first-order valence-corrected chi connectivity index (χ1v) is 7.09. The SMILES string of the molecule is C[C@H](OC(=O)c1cc([N+](=O)[O-])ccc1N)C(=O)Nc1cccc(F)c1. The molecular formula is C16H14FN3O5. The van der Waals surface area contributed by atoms with Crippen molar-refractivity contribution in [3.63, 3.8) is 0 Å². The Kier molecular flexibility index (Phi) is 5.28. The van der Waals surface area contributed by atoms with E-state index in [9.17, 15) is 24.1 Å². The first kappa shape index (κ1) is 17.9. The third-order valence-corrected chi connectivity index (χ3v) is 3.21. The molecule has 0 aliphatic carbocycles. The van der Waals surface area contributed by atoms with Crippen molar-refractivity contribution in [3.05, 3.63) is 64.0 Å². The highest BCUT2D eigenvalue weighted by molar-refractivity contribution is 5.99. The predicted octanol–water partition coefficient (Wildman–Crippen LogP) is 2.50. The van der Waals surface area contributed by atoms with E-state index < -0.39 is 28.7 Å². The third-order valence-electron chi connectivity index (χ3n) is 3.21. The number of carbonyl (C=O) groups is 2. The van der Waals surface area contributed by atoms with Crippen LogP contribution in [0.5, 0.6) is 0 Å². The minimum absolute atomic E-state index is 0.0201. The molecule has 130 valence electrons. The van der Waals surface area contributed by atoms with Gasteiger partial charge in [-0.1, -0.05) is 6.07 Å². The second kappa shape index (κ2) is 7.39. The number of carbonyl (C=O) groups excluding carboxylic acids is 2. The number of anilines is 2. The number of non-ortho nitro benzene ring substituents is 1. The van der Waals surface area contributed by atoms with Crippen LogP contribution in [0, 0.1) is 15.9 Å². The van der Waals surface area contributed by atoms with Crippen molar-refractivity contribution in [1.82, 2.24) is 0 Å². The fourth-order valence-electron chi connectivity index (χ4n) is 1.92. The van der Waals surface area contributed by atoms with Gasteiger partial charge < -0.3 is 15.8 Å². The highest BCUT2D eigenvalue weighted by Gasteiger charge is 2.22. The molecule has 1 amide bonds. The number of benzene rings is 2. The Balaban J connectivity index is 2.08. The van der Waals surface area contributed by atoms with E-state index in [1.54, 1.807) is 0 Å². The van der Waals surface area contributed by atoms with E-state index in [-0.39, 0.29) is 22.6 Å². The van der Waals surface area contributed by atoms with Gasteiger partial charge in [0.25, 0.3) is 11.6 Å². The van der Waals surface area contributed by atoms with Gasteiger partial charge in [0.1, 0.15) is 5.82 Å². The number of rotatable bonds is 5. The average molecular weight is 347 g/mol. The van der Waals surface area contributed by atoms with Crippen LogP contribution >= 0.6 is 0 Å². The lowest BCUT2D eigenvalue weighted by Gasteiger charge is -2.14. The van der Waals surface area contributed by atoms with Gasteiger partial charge in [0, 0.05) is 23.5 Å². The fourth-order valence-corrected chi connectivity index (χ4v) is 1.92. The fraction of sp³-hybridized carbons (Fsp3) is 0.125. The van der Waals surface area contributed by atoms with Crippen LogP contribution < -0.4 is 11.1 Å². The number of hydrogen-bond acceptors (Lipinski definition) is 6. The molecular weight excluding hydrogens is 333 g/mol. The number of hydrogen-bond donors (Lipinski definition) is 2. The minimum Gasteiger partial charge on any atom is -0.449 e. The lowest BCUT2D eigenvalue weighted by molar-refractivity contribution is -0.384. The van der Waals surface area contributed by atoms with Gasteiger partial charge in [-0.05, 0) is 31.2 Å². The van der Waals surface area contributed by atoms with Gasteiger partial charge >= 0.3 is 5.97 Å². The predicted molar refractivity (Wildman–Crippen MR) is 87.4 cm³/mol. The van der Waals surface area contributed by atoms with Crippen LogP contribution in [-0.2, 0) is 9.53 Å². The van der Waals surface area contributed by atoms with Gasteiger partial charge in [-0.3, -0.25) is 14.9 Å². The molecule has 25 heavy (non-hydrogen) atoms. The number of nitrogens with one attached hydrogen (secondary N) is 1. The Morgan fingerprint density at radius 3 is 2.64 bits per heavy atom. The molecule has 1 atom stereocenters. The molecule has 2 aromatic carbocycles. The van der Waals surface area contributed by atoms with Crippen LogP contribution in [0.1, 0.15) is 17.3 Å². The average Bonchev–Trinajstić information content (AvgIpc) is 2.54. The summed E-state index contributed by atoms with van der Waals surface area (Å²) in [6.45, 7) is 1.31. The Morgan fingerprint density at radius 2 is 2.00 bits per heavy atom. The Bertz CT molecular complexity index is 840. The molecule has 0 saturated heterocycles. The lowest BCUT2D eigenvalue weighted by atomic mass is 10.1. The first-order chi connectivity index (χ1) is 11.8. The number of nitrogens with two attached hydrogens (primary N) is 1. The summed E-state index contributed by atoms with van der Waals surface area (Å²) in [4.78, 5) is 34.2. The van der Waals surface area contributed by atoms with Crippen LogP contribution in [0.3, 0.4) is 0 Å². The third kappa shape index (κ3) is 4.50. The van der Waals surface area contributed by atoms with Crippen molar-refractivity contribution in [2.75, 3.05) is 11.1 Å². The van der Waals surface area contributed by atoms with Crippen molar-refractivity contribution >= 4 is 28.9 Å². The van der Waals surface area contributed by atoms with Crippen molar-refractivity contribution in [2.45, 2.75) is 13.0 Å². The molecule has 2 aromatic rings. The summed E-state index contributed by atoms with van der Waals surface area (Å²) >= 11 is 0. The van der Waals surface area contributed by atoms with Crippen molar-refractivity contribution in [3.8, 4) is 0 Å². The van der Waals surface area contributed by atoms with Crippen molar-refractivity contribution in [1.29, 1.82) is 0 Å². The Hall–Kier alpha value is -3.49. The number of amides is 1. The van der Waals surface area contributed by atoms with Crippen molar-refractivity contribution in [2.24, 2.45) is 0 Å². The highest BCUT2D eigenvalue weighted by atomic mass is 19.1. The summed E-state index contributed by atoms with van der Waals surface area (Å²) in [5, 5.41) is 13.2. The quantitative estimate of drug-likeness (QED) is 0.370. The monoisotopic (exact) mass is 347 g/mol. The second-order valence-corrected chi connectivity index (χ2v) is 5.08. The number of nitrogens with zero attached hydrogens (tertiary/aromatic N) is 1. The molecule has 0 bridgehead atoms. The maximum Gasteiger partial charge on any atom is 0.341 e. The summed E-state index contributed by atoms with van der Waals surface area (Å²) in [6, 6.07) is 8.50. The van der Waals surface area contributed by atoms with Crippen LogP contribution in [-0.4, -0.2) is 22.9 Å². The number of nitrogen functional groups attached to an aromatic ring is 1. The van der Waals surface area contributed by atoms with E-state index in [1.165, 1.54) is 31.2 Å². The Morgan fingerprint density at radius 1 is 1.28 bits per heavy atom. The molecule has 0 saturated carbocycles. The summed E-state index contributed by atoms with van der Waals surface area (Å²) in [5.41, 5.74) is 5.24. The maximum atomic E-state index is 13.1. The lowest BCUT2D eigenvalue weighted by Crippen LogP contribution is -2.30. The van der Waals surface area contributed by atoms with Gasteiger partial charge in [-0.25, -0.2) is 9.18 Å². The molecule has 3 N–H and O–H groups in total. The summed E-state index contributed by atoms with van der Waals surface area (Å²) in [5.74, 6) is -2.21. The standard InChI is InChI=1S/C16H14FN3O5/c1-9(15(21)19-11-4-2-3-10(17)7-11)25-16(22)13-8-12(20(23)24)5-6-14(13)18/h2-9H,18H2,1H3,(H,19,21)/t9-/m0/s1. The molecule has 0 spiro atoms. The molecule has 0 aromatic heterocycles. The first-order valence-electron chi connectivity index (χ1n) is 7.09. The van der Waals surface area contributed by atoms with E-state index in [2.05, 4.69) is 5.32 Å². The molecule has 0 aliphatic rings. The smallest absolute Gasteiger partial charge is 0.341 e. The molecule has 8 nitrogen and oxygen atoms in total. The van der Waals surface area contributed by atoms with E-state index in [4.69, 9.17) is 10.5 Å². The van der Waals surface area contributed by atoms with Crippen LogP contribution in [0.4, 0.5) is 21.5 Å². The van der Waals surface area contributed by atoms with E-state index in [0.717, 1.165) is 18.2 Å². The summed E-state index contributed by atoms with van der Waals surface area (Å²) < 4.78 is 18.1. The number of esters is 1. The molecule has 0 fully saturated rings. The van der Waals surface area contributed by atoms with Gasteiger partial charge in [0.15, 0.2) is 6.10 Å². The van der Waals surface area contributed by atoms with Crippen LogP contribution in [0.15, 0.2) is 42.5 Å². The normalized spacial score (nSPS) is 11.4. The molecule has 9 heteroatoms. The number of halogens is 1.